The molecule has 2 heteroatoms. The van der Waals surface area contributed by atoms with Gasteiger partial charge in [0.15, 0.2) is 0 Å². The minimum atomic E-state index is 0. The molecule has 1 atom stereocenters. The predicted octanol–water partition coefficient (Wildman–Crippen LogP) is 8.20. The first-order valence-corrected chi connectivity index (χ1v) is 11.8. The summed E-state index contributed by atoms with van der Waals surface area (Å²) in [5.74, 6) is 0.252. The van der Waals surface area contributed by atoms with E-state index in [-0.39, 0.29) is 24.5 Å². The molecule has 3 aliphatic carbocycles. The van der Waals surface area contributed by atoms with Crippen LogP contribution in [0.4, 0.5) is 11.4 Å². The van der Waals surface area contributed by atoms with E-state index in [0.29, 0.717) is 0 Å². The average Bonchev–Trinajstić information content (AvgIpc) is 2.88. The van der Waals surface area contributed by atoms with E-state index in [2.05, 4.69) is 128 Å². The molecule has 0 heterocycles. The van der Waals surface area contributed by atoms with Crippen LogP contribution in [0.1, 0.15) is 16.7 Å². The van der Waals surface area contributed by atoms with Crippen molar-refractivity contribution in [2.45, 2.75) is 13.8 Å². The van der Waals surface area contributed by atoms with Gasteiger partial charge in [-0.05, 0) is 66.5 Å². The van der Waals surface area contributed by atoms with Crippen molar-refractivity contribution in [1.29, 1.82) is 0 Å². The molecule has 0 aliphatic heterocycles. The van der Waals surface area contributed by atoms with E-state index in [1.165, 1.54) is 56.1 Å². The Kier molecular flexibility index (Phi) is 6.39. The van der Waals surface area contributed by atoms with E-state index >= 15 is 0 Å². The third-order valence-corrected chi connectivity index (χ3v) is 6.79. The van der Waals surface area contributed by atoms with Crippen molar-refractivity contribution < 1.29 is 18.6 Å². The van der Waals surface area contributed by atoms with Crippen LogP contribution in [0.25, 0.3) is 5.57 Å². The molecular formula is C33H26NV-. The molecular weight excluding hydrogens is 461 g/mol. The second-order valence-electron chi connectivity index (χ2n) is 9.17. The van der Waals surface area contributed by atoms with Gasteiger partial charge in [-0.1, -0.05) is 71.8 Å². The molecule has 1 nitrogen and oxygen atoms in total. The average molecular weight is 488 g/mol. The zero-order valence-electron chi connectivity index (χ0n) is 19.9. The van der Waals surface area contributed by atoms with Crippen molar-refractivity contribution >= 4 is 16.9 Å². The Morgan fingerprint density at radius 2 is 1.31 bits per heavy atom. The van der Waals surface area contributed by atoms with Gasteiger partial charge in [0.25, 0.3) is 0 Å². The summed E-state index contributed by atoms with van der Waals surface area (Å²) in [5.41, 5.74) is 12.6. The SMILES string of the molecule is Cc1ccc(N(C2=C3C=CC=C4C=C(c5cc[c-]cc5)C=C(C=C2)C43)c2ccc(C)cc2)cc1.[V]. The Hall–Kier alpha value is -3.52. The molecule has 3 aromatic rings. The van der Waals surface area contributed by atoms with Crippen LogP contribution >= 0.6 is 0 Å². The maximum atomic E-state index is 3.13. The zero-order valence-corrected chi connectivity index (χ0v) is 21.3. The fraction of sp³-hybridized carbons (Fsp3) is 0.0909. The van der Waals surface area contributed by atoms with Crippen molar-refractivity contribution in [2.24, 2.45) is 5.92 Å². The number of hydrogen-bond donors (Lipinski definition) is 0. The molecule has 1 unspecified atom stereocenters. The maximum absolute atomic E-state index is 3.13. The number of hydrogen-bond acceptors (Lipinski definition) is 1. The summed E-state index contributed by atoms with van der Waals surface area (Å²) in [6, 6.07) is 29.0. The maximum Gasteiger partial charge on any atom is 0.0503 e. The predicted molar refractivity (Wildman–Crippen MR) is 143 cm³/mol. The second-order valence-corrected chi connectivity index (χ2v) is 9.17. The van der Waals surface area contributed by atoms with Crippen LogP contribution < -0.4 is 4.90 Å². The van der Waals surface area contributed by atoms with Crippen LogP contribution in [0.3, 0.4) is 0 Å². The summed E-state index contributed by atoms with van der Waals surface area (Å²) in [6.45, 7) is 4.27. The molecule has 0 bridgehead atoms. The first-order chi connectivity index (χ1) is 16.7. The third kappa shape index (κ3) is 4.34. The Balaban J connectivity index is 0.00000253. The number of anilines is 2. The first-order valence-electron chi connectivity index (χ1n) is 11.8. The Morgan fingerprint density at radius 1 is 0.686 bits per heavy atom. The fourth-order valence-electron chi connectivity index (χ4n) is 5.04. The molecule has 3 aliphatic rings. The number of aryl methyl sites for hydroxylation is 2. The van der Waals surface area contributed by atoms with Gasteiger partial charge in [0.2, 0.25) is 0 Å². The minimum Gasteiger partial charge on any atom is -0.310 e. The molecule has 0 saturated carbocycles. The summed E-state index contributed by atoms with van der Waals surface area (Å²) in [7, 11) is 0. The number of rotatable bonds is 4. The summed E-state index contributed by atoms with van der Waals surface area (Å²) >= 11 is 0. The number of benzene rings is 3. The van der Waals surface area contributed by atoms with Crippen molar-refractivity contribution in [3.05, 3.63) is 161 Å². The van der Waals surface area contributed by atoms with Crippen LogP contribution in [0.15, 0.2) is 138 Å². The van der Waals surface area contributed by atoms with E-state index < -0.39 is 0 Å². The molecule has 0 saturated heterocycles. The van der Waals surface area contributed by atoms with E-state index in [1.807, 2.05) is 12.1 Å². The largest absolute Gasteiger partial charge is 0.310 e. The number of nitrogens with zero attached hydrogens (tertiary/aromatic N) is 1. The third-order valence-electron chi connectivity index (χ3n) is 6.79. The quantitative estimate of drug-likeness (QED) is 0.335. The standard InChI is InChI=1S/C33H26N.V/c1-23-11-16-29(17-12-23)34(30-18-13-24(2)14-19-30)32-20-15-27-22-28(25-7-4-3-5-8-25)21-26-9-6-10-31(32)33(26)27;/h4-22,33H,1-2H3;/q-1;. The Bertz CT molecular complexity index is 1380. The van der Waals surface area contributed by atoms with Gasteiger partial charge in [-0.2, -0.15) is 30.3 Å². The van der Waals surface area contributed by atoms with Crippen LogP contribution in [0, 0.1) is 25.8 Å². The molecule has 0 aromatic heterocycles. The normalized spacial score (nSPS) is 17.7. The monoisotopic (exact) mass is 487 g/mol. The van der Waals surface area contributed by atoms with Crippen LogP contribution in [0.5, 0.6) is 0 Å². The van der Waals surface area contributed by atoms with E-state index in [4.69, 9.17) is 0 Å². The first kappa shape index (κ1) is 23.2. The van der Waals surface area contributed by atoms with Crippen LogP contribution in [-0.2, 0) is 18.6 Å². The zero-order chi connectivity index (χ0) is 23.1. The molecule has 169 valence electrons. The molecule has 35 heavy (non-hydrogen) atoms. The van der Waals surface area contributed by atoms with Gasteiger partial charge in [-0.3, -0.25) is 0 Å². The molecule has 0 fully saturated rings. The van der Waals surface area contributed by atoms with E-state index in [0.717, 1.165) is 0 Å². The number of allylic oxidation sites excluding steroid dienone is 11. The van der Waals surface area contributed by atoms with Gasteiger partial charge in [-0.25, -0.2) is 0 Å². The molecule has 0 N–H and O–H groups in total. The Labute approximate surface area is 220 Å². The molecule has 6 rings (SSSR count). The molecule has 1 radical (unpaired) electrons. The van der Waals surface area contributed by atoms with Crippen molar-refractivity contribution in [3.8, 4) is 0 Å². The van der Waals surface area contributed by atoms with Crippen molar-refractivity contribution in [2.75, 3.05) is 4.90 Å². The topological polar surface area (TPSA) is 3.24 Å². The summed E-state index contributed by atoms with van der Waals surface area (Å²) < 4.78 is 0. The van der Waals surface area contributed by atoms with Crippen molar-refractivity contribution in [3.63, 3.8) is 0 Å². The summed E-state index contributed by atoms with van der Waals surface area (Å²) in [5, 5.41) is 0. The van der Waals surface area contributed by atoms with Gasteiger partial charge < -0.3 is 4.90 Å². The summed E-state index contributed by atoms with van der Waals surface area (Å²) in [4.78, 5) is 2.39. The van der Waals surface area contributed by atoms with Crippen LogP contribution in [-0.4, -0.2) is 0 Å². The van der Waals surface area contributed by atoms with Crippen LogP contribution in [0.2, 0.25) is 0 Å². The van der Waals surface area contributed by atoms with Gasteiger partial charge in [0.05, 0.1) is 5.70 Å². The molecule has 0 amide bonds. The van der Waals surface area contributed by atoms with Crippen molar-refractivity contribution in [1.82, 2.24) is 0 Å². The van der Waals surface area contributed by atoms with E-state index in [1.54, 1.807) is 0 Å². The van der Waals surface area contributed by atoms with Gasteiger partial charge in [0.1, 0.15) is 0 Å². The minimum absolute atomic E-state index is 0. The van der Waals surface area contributed by atoms with Gasteiger partial charge in [-0.15, -0.1) is 5.56 Å². The fourth-order valence-corrected chi connectivity index (χ4v) is 5.04. The second kappa shape index (κ2) is 9.62. The Morgan fingerprint density at radius 3 is 1.94 bits per heavy atom. The van der Waals surface area contributed by atoms with E-state index in [9.17, 15) is 0 Å². The molecule has 0 spiro atoms. The molecule has 3 aromatic carbocycles. The summed E-state index contributed by atoms with van der Waals surface area (Å²) in [6.07, 6.45) is 16.0. The van der Waals surface area contributed by atoms with Gasteiger partial charge >= 0.3 is 0 Å². The van der Waals surface area contributed by atoms with Gasteiger partial charge in [0, 0.05) is 35.8 Å². The smallest absolute Gasteiger partial charge is 0.0503 e.